The number of fused-ring (bicyclic) bond motifs is 1. The van der Waals surface area contributed by atoms with Crippen LogP contribution in [0, 0.1) is 0 Å². The molecule has 0 bridgehead atoms. The molecule has 0 aliphatic rings. The second-order valence-electron chi connectivity index (χ2n) is 5.36. The van der Waals surface area contributed by atoms with Crippen LogP contribution in [0.4, 0.5) is 11.4 Å². The summed E-state index contributed by atoms with van der Waals surface area (Å²) in [4.78, 5) is 0. The van der Waals surface area contributed by atoms with Gasteiger partial charge in [-0.25, -0.2) is 0 Å². The van der Waals surface area contributed by atoms with E-state index in [1.54, 1.807) is 6.20 Å². The quantitative estimate of drug-likeness (QED) is 0.443. The molecule has 5 heteroatoms. The average molecular weight is 326 g/mol. The minimum absolute atomic E-state index is 0.632. The lowest BCUT2D eigenvalue weighted by Gasteiger charge is -2.07. The van der Waals surface area contributed by atoms with Gasteiger partial charge in [0, 0.05) is 5.39 Å². The topological polar surface area (TPSA) is 59.7 Å². The summed E-state index contributed by atoms with van der Waals surface area (Å²) in [6.45, 7) is 0. The smallest absolute Gasteiger partial charge is 0.157 e. The first kappa shape index (κ1) is 15.0. The number of benzene rings is 3. The number of ether oxygens (including phenoxy) is 1. The Morgan fingerprint density at radius 1 is 0.720 bits per heavy atom. The first-order chi connectivity index (χ1) is 12.4. The van der Waals surface area contributed by atoms with E-state index in [9.17, 15) is 0 Å². The van der Waals surface area contributed by atoms with Gasteiger partial charge < -0.3 is 4.74 Å². The van der Waals surface area contributed by atoms with Crippen LogP contribution in [-0.4, -0.2) is 10.2 Å². The second kappa shape index (κ2) is 6.88. The van der Waals surface area contributed by atoms with Crippen molar-refractivity contribution < 1.29 is 4.74 Å². The molecule has 0 saturated carbocycles. The molecule has 1 heterocycles. The molecular weight excluding hydrogens is 312 g/mol. The summed E-state index contributed by atoms with van der Waals surface area (Å²) >= 11 is 0. The number of aromatic nitrogens is 2. The van der Waals surface area contributed by atoms with Crippen LogP contribution in [-0.2, 0) is 0 Å². The van der Waals surface area contributed by atoms with Gasteiger partial charge in [-0.15, -0.1) is 0 Å². The summed E-state index contributed by atoms with van der Waals surface area (Å²) in [7, 11) is 0. The number of rotatable bonds is 4. The lowest BCUT2D eigenvalue weighted by molar-refractivity contribution is 0.485. The van der Waals surface area contributed by atoms with Crippen molar-refractivity contribution in [3.05, 3.63) is 85.1 Å². The highest BCUT2D eigenvalue weighted by atomic mass is 16.5. The lowest BCUT2D eigenvalue weighted by atomic mass is 10.2. The fourth-order valence-electron chi connectivity index (χ4n) is 2.39. The van der Waals surface area contributed by atoms with E-state index in [1.807, 2.05) is 78.9 Å². The molecule has 0 aliphatic heterocycles. The predicted molar refractivity (Wildman–Crippen MR) is 96.7 cm³/mol. The molecule has 0 amide bonds. The molecule has 0 fully saturated rings. The third-order valence-electron chi connectivity index (χ3n) is 3.59. The summed E-state index contributed by atoms with van der Waals surface area (Å²) in [6.07, 6.45) is 1.60. The first-order valence-electron chi connectivity index (χ1n) is 7.84. The van der Waals surface area contributed by atoms with E-state index in [1.165, 1.54) is 0 Å². The minimum atomic E-state index is 0.632. The molecule has 120 valence electrons. The Labute approximate surface area is 144 Å². The minimum Gasteiger partial charge on any atom is -0.455 e. The summed E-state index contributed by atoms with van der Waals surface area (Å²) in [5.41, 5.74) is 2.27. The SMILES string of the molecule is c1ccc(N=Nc2ccc3nncc(Oc4ccccc4)c3c2)cc1. The van der Waals surface area contributed by atoms with Crippen LogP contribution in [0.1, 0.15) is 0 Å². The van der Waals surface area contributed by atoms with E-state index in [0.29, 0.717) is 5.75 Å². The van der Waals surface area contributed by atoms with Gasteiger partial charge in [-0.3, -0.25) is 0 Å². The summed E-state index contributed by atoms with van der Waals surface area (Å²) < 4.78 is 5.93. The highest BCUT2D eigenvalue weighted by Crippen LogP contribution is 2.31. The molecule has 0 atom stereocenters. The largest absolute Gasteiger partial charge is 0.455 e. The van der Waals surface area contributed by atoms with E-state index in [4.69, 9.17) is 4.74 Å². The van der Waals surface area contributed by atoms with Crippen molar-refractivity contribution in [1.29, 1.82) is 0 Å². The van der Waals surface area contributed by atoms with Crippen molar-refractivity contribution in [1.82, 2.24) is 10.2 Å². The molecule has 5 nitrogen and oxygen atoms in total. The van der Waals surface area contributed by atoms with Crippen molar-refractivity contribution in [2.24, 2.45) is 10.2 Å². The lowest BCUT2D eigenvalue weighted by Crippen LogP contribution is -1.90. The number of azo groups is 1. The first-order valence-corrected chi connectivity index (χ1v) is 7.84. The Hall–Kier alpha value is -3.60. The van der Waals surface area contributed by atoms with E-state index in [-0.39, 0.29) is 0 Å². The van der Waals surface area contributed by atoms with Gasteiger partial charge in [0.2, 0.25) is 0 Å². The van der Waals surface area contributed by atoms with Crippen LogP contribution < -0.4 is 4.74 Å². The van der Waals surface area contributed by atoms with Gasteiger partial charge in [-0.1, -0.05) is 36.4 Å². The molecule has 4 aromatic rings. The zero-order valence-electron chi connectivity index (χ0n) is 13.3. The van der Waals surface area contributed by atoms with Crippen LogP contribution in [0.2, 0.25) is 0 Å². The highest BCUT2D eigenvalue weighted by molar-refractivity contribution is 5.87. The summed E-state index contributed by atoms with van der Waals surface area (Å²) in [5.74, 6) is 1.38. The zero-order chi connectivity index (χ0) is 16.9. The van der Waals surface area contributed by atoms with E-state index < -0.39 is 0 Å². The maximum Gasteiger partial charge on any atom is 0.157 e. The van der Waals surface area contributed by atoms with E-state index >= 15 is 0 Å². The van der Waals surface area contributed by atoms with Gasteiger partial charge in [0.1, 0.15) is 5.75 Å². The number of hydrogen-bond donors (Lipinski definition) is 0. The van der Waals surface area contributed by atoms with Crippen molar-refractivity contribution in [3.63, 3.8) is 0 Å². The van der Waals surface area contributed by atoms with Crippen LogP contribution >= 0.6 is 0 Å². The fourth-order valence-corrected chi connectivity index (χ4v) is 2.39. The molecule has 3 aromatic carbocycles. The third-order valence-corrected chi connectivity index (χ3v) is 3.59. The Kier molecular flexibility index (Phi) is 4.12. The van der Waals surface area contributed by atoms with E-state index in [0.717, 1.165) is 28.0 Å². The zero-order valence-corrected chi connectivity index (χ0v) is 13.3. The van der Waals surface area contributed by atoms with Crippen molar-refractivity contribution in [2.45, 2.75) is 0 Å². The summed E-state index contributed by atoms with van der Waals surface area (Å²) in [6, 6.07) is 24.8. The molecule has 0 unspecified atom stereocenters. The van der Waals surface area contributed by atoms with Gasteiger partial charge in [0.15, 0.2) is 5.75 Å². The Morgan fingerprint density at radius 2 is 1.44 bits per heavy atom. The Balaban J connectivity index is 1.69. The second-order valence-corrected chi connectivity index (χ2v) is 5.36. The molecule has 25 heavy (non-hydrogen) atoms. The van der Waals surface area contributed by atoms with Crippen LogP contribution in [0.25, 0.3) is 10.9 Å². The number of para-hydroxylation sites is 1. The molecule has 0 aliphatic carbocycles. The van der Waals surface area contributed by atoms with E-state index in [2.05, 4.69) is 20.4 Å². The Morgan fingerprint density at radius 3 is 2.24 bits per heavy atom. The van der Waals surface area contributed by atoms with Crippen molar-refractivity contribution in [3.8, 4) is 11.5 Å². The fraction of sp³-hybridized carbons (Fsp3) is 0. The summed E-state index contributed by atoms with van der Waals surface area (Å²) in [5, 5.41) is 17.5. The molecule has 4 rings (SSSR count). The van der Waals surface area contributed by atoms with Gasteiger partial charge >= 0.3 is 0 Å². The number of hydrogen-bond acceptors (Lipinski definition) is 5. The Bertz CT molecular complexity index is 1020. The van der Waals surface area contributed by atoms with Crippen LogP contribution in [0.15, 0.2) is 95.3 Å². The van der Waals surface area contributed by atoms with Crippen molar-refractivity contribution in [2.75, 3.05) is 0 Å². The molecule has 0 spiro atoms. The number of nitrogens with zero attached hydrogens (tertiary/aromatic N) is 4. The van der Waals surface area contributed by atoms with Crippen LogP contribution in [0.5, 0.6) is 11.5 Å². The average Bonchev–Trinajstić information content (AvgIpc) is 2.68. The normalized spacial score (nSPS) is 11.0. The van der Waals surface area contributed by atoms with Gasteiger partial charge in [0.05, 0.1) is 23.1 Å². The van der Waals surface area contributed by atoms with Gasteiger partial charge in [-0.2, -0.15) is 20.4 Å². The highest BCUT2D eigenvalue weighted by Gasteiger charge is 2.06. The van der Waals surface area contributed by atoms with Crippen LogP contribution in [0.3, 0.4) is 0 Å². The molecular formula is C20H14N4O. The predicted octanol–water partition coefficient (Wildman–Crippen LogP) is 5.84. The maximum atomic E-state index is 5.93. The molecule has 0 radical (unpaired) electrons. The third kappa shape index (κ3) is 3.50. The van der Waals surface area contributed by atoms with Gasteiger partial charge in [0.25, 0.3) is 0 Å². The van der Waals surface area contributed by atoms with Gasteiger partial charge in [-0.05, 0) is 42.5 Å². The molecule has 1 aromatic heterocycles. The molecule has 0 N–H and O–H groups in total. The van der Waals surface area contributed by atoms with Crippen molar-refractivity contribution >= 4 is 22.3 Å². The molecule has 0 saturated heterocycles. The monoisotopic (exact) mass is 326 g/mol. The maximum absolute atomic E-state index is 5.93. The standard InChI is InChI=1S/C20H14N4O/c1-3-7-15(8-4-1)22-23-16-11-12-19-18(13-16)20(14-21-24-19)25-17-9-5-2-6-10-17/h1-14H.